The van der Waals surface area contributed by atoms with E-state index in [9.17, 15) is 9.59 Å². The number of hydrogen-bond donors (Lipinski definition) is 0. The van der Waals surface area contributed by atoms with Crippen LogP contribution in [0.15, 0.2) is 34.0 Å². The van der Waals surface area contributed by atoms with Crippen molar-refractivity contribution < 1.29 is 4.74 Å². The number of nitrogens with zero attached hydrogens (tertiary/aromatic N) is 2. The molecule has 0 atom stereocenters. The maximum absolute atomic E-state index is 12.1. The highest BCUT2D eigenvalue weighted by atomic mass is 127. The fourth-order valence-electron chi connectivity index (χ4n) is 2.52. The first-order chi connectivity index (χ1) is 10.1. The van der Waals surface area contributed by atoms with Gasteiger partial charge in [-0.3, -0.25) is 9.36 Å². The van der Waals surface area contributed by atoms with Gasteiger partial charge in [-0.2, -0.15) is 0 Å². The van der Waals surface area contributed by atoms with Crippen LogP contribution in [-0.4, -0.2) is 15.7 Å². The van der Waals surface area contributed by atoms with E-state index in [0.717, 1.165) is 24.3 Å². The number of halogens is 1. The number of aryl methyl sites for hydroxylation is 2. The molecule has 0 fully saturated rings. The predicted molar refractivity (Wildman–Crippen MR) is 88.0 cm³/mol. The Kier molecular flexibility index (Phi) is 3.88. The van der Waals surface area contributed by atoms with Gasteiger partial charge in [0.2, 0.25) is 0 Å². The first-order valence-electron chi connectivity index (χ1n) is 6.77. The Morgan fingerprint density at radius 3 is 2.95 bits per heavy atom. The van der Waals surface area contributed by atoms with E-state index in [-0.39, 0.29) is 11.2 Å². The molecule has 0 bridgehead atoms. The number of hydrogen-bond acceptors (Lipinski definition) is 3. The van der Waals surface area contributed by atoms with E-state index in [1.54, 1.807) is 13.2 Å². The molecule has 6 heteroatoms. The Morgan fingerprint density at radius 2 is 2.14 bits per heavy atom. The van der Waals surface area contributed by atoms with Gasteiger partial charge in [0.05, 0.1) is 10.2 Å². The zero-order valence-corrected chi connectivity index (χ0v) is 13.8. The fraction of sp³-hybridized carbons (Fsp3) is 0.333. The van der Waals surface area contributed by atoms with Gasteiger partial charge in [-0.05, 0) is 46.2 Å². The summed E-state index contributed by atoms with van der Waals surface area (Å²) in [6.45, 7) is 1.12. The molecule has 0 saturated carbocycles. The number of fused-ring (bicyclic) bond motifs is 1. The SMILES string of the molecule is Cn1cc(I)c(=O)n(CCc2ccc3c(c2)CCO3)c1=O. The number of rotatable bonds is 3. The second-order valence-corrected chi connectivity index (χ2v) is 6.28. The third kappa shape index (κ3) is 2.76. The molecule has 0 radical (unpaired) electrons. The van der Waals surface area contributed by atoms with Crippen LogP contribution in [0.2, 0.25) is 0 Å². The molecule has 0 spiro atoms. The van der Waals surface area contributed by atoms with Gasteiger partial charge in [0, 0.05) is 26.2 Å². The maximum Gasteiger partial charge on any atom is 0.330 e. The van der Waals surface area contributed by atoms with Gasteiger partial charge in [-0.25, -0.2) is 4.79 Å². The van der Waals surface area contributed by atoms with Crippen LogP contribution in [0.3, 0.4) is 0 Å². The fourth-order valence-corrected chi connectivity index (χ4v) is 3.23. The summed E-state index contributed by atoms with van der Waals surface area (Å²) in [6, 6.07) is 6.06. The number of aromatic nitrogens is 2. The van der Waals surface area contributed by atoms with Gasteiger partial charge in [0.15, 0.2) is 0 Å². The second-order valence-electron chi connectivity index (χ2n) is 5.12. The van der Waals surface area contributed by atoms with Crippen LogP contribution in [0.5, 0.6) is 5.75 Å². The molecule has 1 aliphatic rings. The Balaban J connectivity index is 1.86. The van der Waals surface area contributed by atoms with Crippen LogP contribution in [0.4, 0.5) is 0 Å². The molecule has 0 N–H and O–H groups in total. The topological polar surface area (TPSA) is 53.2 Å². The minimum Gasteiger partial charge on any atom is -0.493 e. The van der Waals surface area contributed by atoms with Crippen molar-refractivity contribution in [1.29, 1.82) is 0 Å². The third-order valence-corrected chi connectivity index (χ3v) is 4.41. The van der Waals surface area contributed by atoms with Gasteiger partial charge in [-0.15, -0.1) is 0 Å². The van der Waals surface area contributed by atoms with Crippen molar-refractivity contribution in [2.45, 2.75) is 19.4 Å². The molecule has 1 aromatic carbocycles. The summed E-state index contributed by atoms with van der Waals surface area (Å²) < 4.78 is 8.77. The monoisotopic (exact) mass is 398 g/mol. The van der Waals surface area contributed by atoms with Crippen LogP contribution >= 0.6 is 22.6 Å². The van der Waals surface area contributed by atoms with Crippen molar-refractivity contribution in [3.05, 3.63) is 59.9 Å². The number of ether oxygens (including phenoxy) is 1. The minimum atomic E-state index is -0.273. The summed E-state index contributed by atoms with van der Waals surface area (Å²) in [5, 5.41) is 0. The molecule has 0 unspecified atom stereocenters. The lowest BCUT2D eigenvalue weighted by molar-refractivity contribution is 0.357. The second kappa shape index (κ2) is 5.67. The van der Waals surface area contributed by atoms with Crippen molar-refractivity contribution in [2.24, 2.45) is 7.05 Å². The van der Waals surface area contributed by atoms with Crippen LogP contribution in [0.1, 0.15) is 11.1 Å². The maximum atomic E-state index is 12.1. The van der Waals surface area contributed by atoms with Crippen molar-refractivity contribution in [2.75, 3.05) is 6.61 Å². The van der Waals surface area contributed by atoms with E-state index in [1.807, 2.05) is 34.7 Å². The molecule has 0 saturated heterocycles. The average Bonchev–Trinajstić information content (AvgIpc) is 2.92. The van der Waals surface area contributed by atoms with Crippen LogP contribution in [0.25, 0.3) is 0 Å². The molecule has 0 amide bonds. The Hall–Kier alpha value is -1.57. The zero-order valence-electron chi connectivity index (χ0n) is 11.6. The van der Waals surface area contributed by atoms with E-state index in [0.29, 0.717) is 16.5 Å². The lowest BCUT2D eigenvalue weighted by atomic mass is 10.1. The molecule has 110 valence electrons. The smallest absolute Gasteiger partial charge is 0.330 e. The summed E-state index contributed by atoms with van der Waals surface area (Å²) in [6.07, 6.45) is 3.14. The van der Waals surface area contributed by atoms with Gasteiger partial charge < -0.3 is 9.30 Å². The Morgan fingerprint density at radius 1 is 1.33 bits per heavy atom. The molecule has 1 aromatic heterocycles. The standard InChI is InChI=1S/C15H15IN2O3/c1-17-9-12(16)14(19)18(15(17)20)6-4-10-2-3-13-11(8-10)5-7-21-13/h2-3,8-9H,4-7H2,1H3. The van der Waals surface area contributed by atoms with E-state index in [4.69, 9.17) is 4.74 Å². The van der Waals surface area contributed by atoms with E-state index in [2.05, 4.69) is 6.07 Å². The first-order valence-corrected chi connectivity index (χ1v) is 7.85. The van der Waals surface area contributed by atoms with E-state index < -0.39 is 0 Å². The highest BCUT2D eigenvalue weighted by molar-refractivity contribution is 14.1. The van der Waals surface area contributed by atoms with Crippen molar-refractivity contribution in [3.8, 4) is 5.75 Å². The third-order valence-electron chi connectivity index (χ3n) is 3.67. The summed E-state index contributed by atoms with van der Waals surface area (Å²) >= 11 is 1.96. The van der Waals surface area contributed by atoms with Crippen LogP contribution < -0.4 is 16.0 Å². The summed E-state index contributed by atoms with van der Waals surface area (Å²) in [5.74, 6) is 0.945. The highest BCUT2D eigenvalue weighted by Gasteiger charge is 2.13. The molecule has 0 aliphatic carbocycles. The first kappa shape index (κ1) is 14.4. The molecule has 2 heterocycles. The van der Waals surface area contributed by atoms with Crippen molar-refractivity contribution in [3.63, 3.8) is 0 Å². The van der Waals surface area contributed by atoms with Gasteiger partial charge in [0.25, 0.3) is 5.56 Å². The largest absolute Gasteiger partial charge is 0.493 e. The van der Waals surface area contributed by atoms with Gasteiger partial charge >= 0.3 is 5.69 Å². The molecule has 5 nitrogen and oxygen atoms in total. The van der Waals surface area contributed by atoms with E-state index >= 15 is 0 Å². The summed E-state index contributed by atoms with van der Waals surface area (Å²) in [7, 11) is 1.66. The van der Waals surface area contributed by atoms with Crippen LogP contribution in [-0.2, 0) is 26.4 Å². The van der Waals surface area contributed by atoms with Gasteiger partial charge in [-0.1, -0.05) is 12.1 Å². The predicted octanol–water partition coefficient (Wildman–Crippen LogP) is 1.33. The minimum absolute atomic E-state index is 0.219. The summed E-state index contributed by atoms with van der Waals surface area (Å²) in [5.41, 5.74) is 1.83. The Bertz CT molecular complexity index is 773. The van der Waals surface area contributed by atoms with E-state index in [1.165, 1.54) is 14.7 Å². The average molecular weight is 398 g/mol. The highest BCUT2D eigenvalue weighted by Crippen LogP contribution is 2.25. The Labute approximate surface area is 135 Å². The quantitative estimate of drug-likeness (QED) is 0.734. The normalized spacial score (nSPS) is 13.0. The molecule has 1 aliphatic heterocycles. The molecular weight excluding hydrogens is 383 g/mol. The zero-order chi connectivity index (χ0) is 15.0. The number of benzene rings is 1. The molecular formula is C15H15IN2O3. The van der Waals surface area contributed by atoms with Gasteiger partial charge in [0.1, 0.15) is 5.75 Å². The van der Waals surface area contributed by atoms with Crippen molar-refractivity contribution >= 4 is 22.6 Å². The van der Waals surface area contributed by atoms with Crippen LogP contribution in [0, 0.1) is 3.57 Å². The lowest BCUT2D eigenvalue weighted by Gasteiger charge is -2.08. The molecule has 21 heavy (non-hydrogen) atoms. The lowest BCUT2D eigenvalue weighted by Crippen LogP contribution is -2.40. The summed E-state index contributed by atoms with van der Waals surface area (Å²) in [4.78, 5) is 24.1. The molecule has 3 rings (SSSR count). The molecule has 2 aromatic rings. The van der Waals surface area contributed by atoms with Crippen molar-refractivity contribution in [1.82, 2.24) is 9.13 Å².